The van der Waals surface area contributed by atoms with Crippen LogP contribution in [0.1, 0.15) is 38.4 Å². The summed E-state index contributed by atoms with van der Waals surface area (Å²) in [7, 11) is 0. The minimum Gasteiger partial charge on any atom is -0.466 e. The summed E-state index contributed by atoms with van der Waals surface area (Å²) in [6.07, 6.45) is 4.79. The van der Waals surface area contributed by atoms with Gasteiger partial charge in [0, 0.05) is 13.0 Å². The predicted molar refractivity (Wildman–Crippen MR) is 71.0 cm³/mol. The topological polar surface area (TPSA) is 83.0 Å². The van der Waals surface area contributed by atoms with E-state index in [1.807, 2.05) is 6.92 Å². The summed E-state index contributed by atoms with van der Waals surface area (Å²) in [5.41, 5.74) is 5.41. The van der Waals surface area contributed by atoms with Crippen LogP contribution in [0.4, 0.5) is 0 Å². The lowest BCUT2D eigenvalue weighted by molar-refractivity contribution is -0.143. The lowest BCUT2D eigenvalue weighted by Crippen LogP contribution is -2.12. The van der Waals surface area contributed by atoms with Crippen LogP contribution in [0.3, 0.4) is 0 Å². The smallest absolute Gasteiger partial charge is 0.305 e. The highest BCUT2D eigenvalue weighted by molar-refractivity contribution is 7.80. The molecule has 0 aliphatic rings. The largest absolute Gasteiger partial charge is 0.466 e. The summed E-state index contributed by atoms with van der Waals surface area (Å²) < 4.78 is 6.55. The van der Waals surface area contributed by atoms with Gasteiger partial charge in [-0.1, -0.05) is 18.6 Å². The first-order valence-corrected chi connectivity index (χ1v) is 6.39. The van der Waals surface area contributed by atoms with Crippen molar-refractivity contribution in [3.63, 3.8) is 0 Å². The van der Waals surface area contributed by atoms with Crippen molar-refractivity contribution in [1.82, 2.24) is 14.8 Å². The first-order chi connectivity index (χ1) is 8.63. The first-order valence-electron chi connectivity index (χ1n) is 5.98. The Kier molecular flexibility index (Phi) is 6.27. The van der Waals surface area contributed by atoms with Crippen LogP contribution in [0, 0.1) is 0 Å². The fourth-order valence-electron chi connectivity index (χ4n) is 1.47. The first kappa shape index (κ1) is 14.6. The molecule has 1 aromatic rings. The highest BCUT2D eigenvalue weighted by atomic mass is 32.1. The van der Waals surface area contributed by atoms with Crippen molar-refractivity contribution in [1.29, 1.82) is 0 Å². The Morgan fingerprint density at radius 2 is 2.28 bits per heavy atom. The van der Waals surface area contributed by atoms with Gasteiger partial charge in [-0.2, -0.15) is 0 Å². The molecular weight excluding hydrogens is 252 g/mol. The number of hydrogen-bond donors (Lipinski definition) is 1. The zero-order valence-corrected chi connectivity index (χ0v) is 11.3. The molecule has 18 heavy (non-hydrogen) atoms. The third-order valence-electron chi connectivity index (χ3n) is 2.33. The van der Waals surface area contributed by atoms with E-state index in [0.717, 1.165) is 25.8 Å². The molecular formula is C11H18N4O2S. The molecule has 0 bridgehead atoms. The van der Waals surface area contributed by atoms with Crippen LogP contribution in [0.5, 0.6) is 0 Å². The second-order valence-corrected chi connectivity index (χ2v) is 4.25. The van der Waals surface area contributed by atoms with Crippen LogP contribution in [-0.2, 0) is 16.1 Å². The molecule has 7 heteroatoms. The summed E-state index contributed by atoms with van der Waals surface area (Å²) in [5, 5.41) is 4.12. The summed E-state index contributed by atoms with van der Waals surface area (Å²) in [6.45, 7) is 3.00. The number of nitrogens with zero attached hydrogens (tertiary/aromatic N) is 3. The summed E-state index contributed by atoms with van der Waals surface area (Å²) in [4.78, 5) is 15.3. The van der Waals surface area contributed by atoms with E-state index in [1.165, 1.54) is 0 Å². The number of esters is 1. The van der Waals surface area contributed by atoms with E-state index in [9.17, 15) is 4.79 Å². The van der Waals surface area contributed by atoms with Gasteiger partial charge in [0.1, 0.15) is 11.3 Å². The van der Waals surface area contributed by atoms with Crippen LogP contribution in [0.25, 0.3) is 0 Å². The fourth-order valence-corrected chi connectivity index (χ4v) is 1.56. The van der Waals surface area contributed by atoms with E-state index in [1.54, 1.807) is 11.0 Å². The molecule has 0 amide bonds. The van der Waals surface area contributed by atoms with Gasteiger partial charge >= 0.3 is 5.97 Å². The molecule has 1 heterocycles. The van der Waals surface area contributed by atoms with E-state index in [0.29, 0.717) is 18.9 Å². The Morgan fingerprint density at radius 1 is 1.50 bits per heavy atom. The quantitative estimate of drug-likeness (QED) is 0.431. The Bertz CT molecular complexity index is 406. The van der Waals surface area contributed by atoms with Gasteiger partial charge in [0.2, 0.25) is 5.82 Å². The molecule has 0 unspecified atom stereocenters. The molecule has 0 atom stereocenters. The molecule has 0 saturated heterocycles. The molecule has 0 fully saturated rings. The second kappa shape index (κ2) is 7.75. The fraction of sp³-hybridized carbons (Fsp3) is 0.636. The van der Waals surface area contributed by atoms with E-state index in [4.69, 9.17) is 22.7 Å². The maximum atomic E-state index is 11.1. The molecule has 1 rings (SSSR count). The van der Waals surface area contributed by atoms with E-state index in [2.05, 4.69) is 10.1 Å². The normalized spacial score (nSPS) is 10.3. The third-order valence-corrected chi connectivity index (χ3v) is 2.51. The number of ether oxygens (including phenoxy) is 1. The van der Waals surface area contributed by atoms with Crippen molar-refractivity contribution in [2.24, 2.45) is 5.73 Å². The highest BCUT2D eigenvalue weighted by Gasteiger charge is 2.04. The minimum absolute atomic E-state index is 0.131. The van der Waals surface area contributed by atoms with E-state index in [-0.39, 0.29) is 11.0 Å². The monoisotopic (exact) mass is 270 g/mol. The lowest BCUT2D eigenvalue weighted by atomic mass is 10.2. The number of aryl methyl sites for hydroxylation is 1. The van der Waals surface area contributed by atoms with Crippen molar-refractivity contribution >= 4 is 23.2 Å². The van der Waals surface area contributed by atoms with Crippen LogP contribution in [0.15, 0.2) is 6.33 Å². The Labute approximate surface area is 112 Å². The molecule has 0 aromatic carbocycles. The number of unbranched alkanes of at least 4 members (excludes halogenated alkanes) is 2. The number of carbonyl (C=O) groups is 1. The van der Waals surface area contributed by atoms with Crippen molar-refractivity contribution in [3.8, 4) is 0 Å². The van der Waals surface area contributed by atoms with Crippen molar-refractivity contribution in [2.75, 3.05) is 6.61 Å². The van der Waals surface area contributed by atoms with Gasteiger partial charge < -0.3 is 10.5 Å². The van der Waals surface area contributed by atoms with Gasteiger partial charge in [0.25, 0.3) is 0 Å². The molecule has 0 saturated carbocycles. The van der Waals surface area contributed by atoms with Gasteiger partial charge in [-0.15, -0.1) is 5.10 Å². The van der Waals surface area contributed by atoms with E-state index < -0.39 is 0 Å². The Balaban J connectivity index is 2.14. The van der Waals surface area contributed by atoms with Crippen LogP contribution in [-0.4, -0.2) is 32.3 Å². The SMILES string of the molecule is CCOC(=O)CCCCCn1cnc(C(N)=S)n1. The number of hydrogen-bond acceptors (Lipinski definition) is 5. The summed E-state index contributed by atoms with van der Waals surface area (Å²) in [5.74, 6) is 0.269. The van der Waals surface area contributed by atoms with Crippen LogP contribution >= 0.6 is 12.2 Å². The molecule has 1 aromatic heterocycles. The lowest BCUT2D eigenvalue weighted by Gasteiger charge is -2.02. The molecule has 0 spiro atoms. The zero-order valence-electron chi connectivity index (χ0n) is 10.5. The average molecular weight is 270 g/mol. The standard InChI is InChI=1S/C11H18N4O2S/c1-2-17-9(16)6-4-3-5-7-15-8-13-11(14-15)10(12)18/h8H,2-7H2,1H3,(H2,12,18). The summed E-state index contributed by atoms with van der Waals surface area (Å²) in [6, 6.07) is 0. The Morgan fingerprint density at radius 3 is 2.89 bits per heavy atom. The highest BCUT2D eigenvalue weighted by Crippen LogP contribution is 2.03. The number of nitrogens with two attached hydrogens (primary N) is 1. The maximum Gasteiger partial charge on any atom is 0.305 e. The molecule has 0 aliphatic carbocycles. The predicted octanol–water partition coefficient (Wildman–Crippen LogP) is 1.04. The number of carbonyl (C=O) groups excluding carboxylic acids is 1. The van der Waals surface area contributed by atoms with Gasteiger partial charge in [0.05, 0.1) is 6.61 Å². The van der Waals surface area contributed by atoms with Crippen molar-refractivity contribution < 1.29 is 9.53 Å². The molecule has 6 nitrogen and oxygen atoms in total. The Hall–Kier alpha value is -1.50. The number of aromatic nitrogens is 3. The molecule has 2 N–H and O–H groups in total. The van der Waals surface area contributed by atoms with Crippen molar-refractivity contribution in [3.05, 3.63) is 12.2 Å². The molecule has 100 valence electrons. The minimum atomic E-state index is -0.131. The van der Waals surface area contributed by atoms with Crippen molar-refractivity contribution in [2.45, 2.75) is 39.2 Å². The van der Waals surface area contributed by atoms with Gasteiger partial charge in [-0.05, 0) is 19.8 Å². The molecule has 0 radical (unpaired) electrons. The summed E-state index contributed by atoms with van der Waals surface area (Å²) >= 11 is 4.77. The number of thiocarbonyl (C=S) groups is 1. The van der Waals surface area contributed by atoms with E-state index >= 15 is 0 Å². The third kappa shape index (κ3) is 5.22. The average Bonchev–Trinajstić information content (AvgIpc) is 2.78. The van der Waals surface area contributed by atoms with Gasteiger partial charge in [0.15, 0.2) is 0 Å². The van der Waals surface area contributed by atoms with Crippen LogP contribution in [0.2, 0.25) is 0 Å². The number of rotatable bonds is 8. The molecule has 0 aliphatic heterocycles. The zero-order chi connectivity index (χ0) is 13.4. The maximum absolute atomic E-state index is 11.1. The second-order valence-electron chi connectivity index (χ2n) is 3.81. The van der Waals surface area contributed by atoms with Crippen LogP contribution < -0.4 is 5.73 Å². The van der Waals surface area contributed by atoms with Gasteiger partial charge in [-0.3, -0.25) is 9.48 Å². The van der Waals surface area contributed by atoms with Gasteiger partial charge in [-0.25, -0.2) is 4.98 Å².